The van der Waals surface area contributed by atoms with Gasteiger partial charge in [-0.2, -0.15) is 0 Å². The number of thioether (sulfide) groups is 2. The molecular weight excluding hydrogens is 390 g/mol. The van der Waals surface area contributed by atoms with E-state index in [1.807, 2.05) is 24.8 Å². The fourth-order valence-corrected chi connectivity index (χ4v) is 4.79. The second kappa shape index (κ2) is 9.61. The van der Waals surface area contributed by atoms with Crippen LogP contribution in [0.4, 0.5) is 11.4 Å². The molecule has 3 rings (SSSR count). The minimum atomic E-state index is -0.299. The number of hydrogen-bond donors (Lipinski definition) is 0. The van der Waals surface area contributed by atoms with Crippen LogP contribution < -0.4 is 9.64 Å². The van der Waals surface area contributed by atoms with Crippen LogP contribution in [-0.4, -0.2) is 38.2 Å². The quantitative estimate of drug-likeness (QED) is 0.458. The molecule has 4 nitrogen and oxygen atoms in total. The second-order valence-corrected chi connectivity index (χ2v) is 8.98. The van der Waals surface area contributed by atoms with E-state index in [0.717, 1.165) is 22.9 Å². The summed E-state index contributed by atoms with van der Waals surface area (Å²) in [5.41, 5.74) is 2.43. The lowest BCUT2D eigenvalue weighted by Gasteiger charge is -2.27. The van der Waals surface area contributed by atoms with Crippen LogP contribution in [0.15, 0.2) is 52.3 Å². The van der Waals surface area contributed by atoms with Crippen LogP contribution in [0.1, 0.15) is 13.8 Å². The van der Waals surface area contributed by atoms with Crippen molar-refractivity contribution >= 4 is 40.9 Å². The molecule has 2 aromatic carbocycles. The summed E-state index contributed by atoms with van der Waals surface area (Å²) in [4.78, 5) is 16.4. The van der Waals surface area contributed by atoms with Crippen LogP contribution >= 0.6 is 23.5 Å². The van der Waals surface area contributed by atoms with E-state index in [0.29, 0.717) is 12.5 Å². The van der Waals surface area contributed by atoms with Gasteiger partial charge in [0.15, 0.2) is 0 Å². The van der Waals surface area contributed by atoms with Crippen molar-refractivity contribution in [2.75, 3.05) is 37.2 Å². The van der Waals surface area contributed by atoms with Gasteiger partial charge in [-0.3, -0.25) is 4.79 Å². The number of benzene rings is 2. The van der Waals surface area contributed by atoms with Gasteiger partial charge in [0.1, 0.15) is 12.4 Å². The van der Waals surface area contributed by atoms with Gasteiger partial charge in [-0.1, -0.05) is 25.1 Å². The van der Waals surface area contributed by atoms with Gasteiger partial charge in [-0.05, 0) is 43.4 Å². The lowest BCUT2D eigenvalue weighted by atomic mass is 10.1. The zero-order chi connectivity index (χ0) is 20.1. The number of rotatable bonds is 6. The van der Waals surface area contributed by atoms with Gasteiger partial charge in [-0.25, -0.2) is 0 Å². The Kier molecular flexibility index (Phi) is 7.18. The number of nitrogens with zero attached hydrogens (tertiary/aromatic N) is 1. The summed E-state index contributed by atoms with van der Waals surface area (Å²) in [6, 6.07) is 14.9. The van der Waals surface area contributed by atoms with Gasteiger partial charge < -0.3 is 14.4 Å². The summed E-state index contributed by atoms with van der Waals surface area (Å²) >= 11 is 3.53. The highest BCUT2D eigenvalue weighted by molar-refractivity contribution is 7.99. The van der Waals surface area contributed by atoms with E-state index in [1.54, 1.807) is 11.8 Å². The molecule has 28 heavy (non-hydrogen) atoms. The average molecular weight is 418 g/mol. The Balaban J connectivity index is 1.94. The summed E-state index contributed by atoms with van der Waals surface area (Å²) in [5, 5.41) is 0. The number of fused-ring (bicyclic) bond motifs is 1. The number of methoxy groups -OCH3 is 1. The maximum Gasteiger partial charge on any atom is 0.311 e. The monoisotopic (exact) mass is 417 g/mol. The first kappa shape index (κ1) is 20.9. The molecular formula is C22H27NO3S2. The van der Waals surface area contributed by atoms with Crippen molar-refractivity contribution in [2.45, 2.75) is 23.6 Å². The standard InChI is InChI=1S/C22H27NO3S2/c1-15-12-23(17-8-6-5-7-9-17)18-10-21(27-4)19(11-20(18)28-14-15)26-13-16(2)22(24)25-3/h5-11,15-16H,12-14H2,1-4H3. The van der Waals surface area contributed by atoms with Crippen LogP contribution in [0.25, 0.3) is 0 Å². The first-order valence-corrected chi connectivity index (χ1v) is 11.6. The molecule has 0 amide bonds. The molecule has 0 aromatic heterocycles. The molecule has 1 aliphatic heterocycles. The van der Waals surface area contributed by atoms with E-state index in [9.17, 15) is 4.79 Å². The first-order valence-electron chi connectivity index (χ1n) is 9.41. The zero-order valence-electron chi connectivity index (χ0n) is 16.8. The summed E-state index contributed by atoms with van der Waals surface area (Å²) in [6.07, 6.45) is 2.05. The van der Waals surface area contributed by atoms with Crippen LogP contribution in [-0.2, 0) is 9.53 Å². The van der Waals surface area contributed by atoms with Crippen LogP contribution in [0.3, 0.4) is 0 Å². The van der Waals surface area contributed by atoms with Crippen molar-refractivity contribution in [2.24, 2.45) is 11.8 Å². The van der Waals surface area contributed by atoms with E-state index in [4.69, 9.17) is 9.47 Å². The minimum absolute atomic E-state index is 0.251. The summed E-state index contributed by atoms with van der Waals surface area (Å²) in [6.45, 7) is 5.40. The summed E-state index contributed by atoms with van der Waals surface area (Å²) in [5.74, 6) is 1.91. The summed E-state index contributed by atoms with van der Waals surface area (Å²) < 4.78 is 10.8. The van der Waals surface area contributed by atoms with Crippen molar-refractivity contribution in [3.05, 3.63) is 42.5 Å². The van der Waals surface area contributed by atoms with Crippen molar-refractivity contribution in [3.8, 4) is 5.75 Å². The van der Waals surface area contributed by atoms with Gasteiger partial charge in [-0.15, -0.1) is 23.5 Å². The Hall–Kier alpha value is -1.79. The number of hydrogen-bond acceptors (Lipinski definition) is 6. The van der Waals surface area contributed by atoms with Crippen molar-refractivity contribution in [1.82, 2.24) is 0 Å². The van der Waals surface area contributed by atoms with Crippen LogP contribution in [0.2, 0.25) is 0 Å². The molecule has 2 atom stereocenters. The van der Waals surface area contributed by atoms with E-state index in [1.165, 1.54) is 23.4 Å². The molecule has 2 unspecified atom stereocenters. The Morgan fingerprint density at radius 3 is 2.75 bits per heavy atom. The third kappa shape index (κ3) is 4.78. The van der Waals surface area contributed by atoms with Gasteiger partial charge in [0.25, 0.3) is 0 Å². The largest absolute Gasteiger partial charge is 0.491 e. The predicted molar refractivity (Wildman–Crippen MR) is 118 cm³/mol. The van der Waals surface area contributed by atoms with E-state index in [-0.39, 0.29) is 11.9 Å². The molecule has 0 N–H and O–H groups in total. The fourth-order valence-electron chi connectivity index (χ4n) is 3.16. The van der Waals surface area contributed by atoms with E-state index < -0.39 is 0 Å². The Morgan fingerprint density at radius 1 is 1.32 bits per heavy atom. The highest BCUT2D eigenvalue weighted by Crippen LogP contribution is 2.44. The molecule has 0 saturated carbocycles. The molecule has 0 spiro atoms. The Morgan fingerprint density at radius 2 is 2.07 bits per heavy atom. The number of para-hydroxylation sites is 1. The Labute approximate surface area is 176 Å². The van der Waals surface area contributed by atoms with Gasteiger partial charge in [0.2, 0.25) is 0 Å². The topological polar surface area (TPSA) is 38.8 Å². The smallest absolute Gasteiger partial charge is 0.311 e. The van der Waals surface area contributed by atoms with E-state index >= 15 is 0 Å². The van der Waals surface area contributed by atoms with Gasteiger partial charge in [0.05, 0.1) is 23.6 Å². The zero-order valence-corrected chi connectivity index (χ0v) is 18.4. The molecule has 2 aromatic rings. The average Bonchev–Trinajstić information content (AvgIpc) is 2.89. The molecule has 150 valence electrons. The van der Waals surface area contributed by atoms with Crippen LogP contribution in [0.5, 0.6) is 5.75 Å². The van der Waals surface area contributed by atoms with Crippen molar-refractivity contribution in [3.63, 3.8) is 0 Å². The summed E-state index contributed by atoms with van der Waals surface area (Å²) in [7, 11) is 1.41. The SMILES string of the molecule is COC(=O)C(C)COc1cc2c(cc1SC)N(c1ccccc1)CC(C)CS2. The lowest BCUT2D eigenvalue weighted by Crippen LogP contribution is -2.23. The Bertz CT molecular complexity index is 813. The predicted octanol–water partition coefficient (Wildman–Crippen LogP) is 5.48. The molecule has 0 bridgehead atoms. The number of ether oxygens (including phenoxy) is 2. The van der Waals surface area contributed by atoms with Gasteiger partial charge in [0, 0.05) is 22.9 Å². The van der Waals surface area contributed by atoms with Crippen molar-refractivity contribution < 1.29 is 14.3 Å². The number of carbonyl (C=O) groups is 1. The third-order valence-electron chi connectivity index (χ3n) is 4.71. The number of anilines is 2. The van der Waals surface area contributed by atoms with Crippen molar-refractivity contribution in [1.29, 1.82) is 0 Å². The molecule has 6 heteroatoms. The van der Waals surface area contributed by atoms with Gasteiger partial charge >= 0.3 is 5.97 Å². The van der Waals surface area contributed by atoms with Crippen LogP contribution in [0, 0.1) is 11.8 Å². The highest BCUT2D eigenvalue weighted by atomic mass is 32.2. The first-order chi connectivity index (χ1) is 13.5. The number of esters is 1. The third-order valence-corrected chi connectivity index (χ3v) is 6.85. The highest BCUT2D eigenvalue weighted by Gasteiger charge is 2.24. The molecule has 1 aliphatic rings. The minimum Gasteiger partial charge on any atom is -0.491 e. The molecule has 0 aliphatic carbocycles. The molecule has 0 radical (unpaired) electrons. The maximum atomic E-state index is 11.7. The fraction of sp³-hybridized carbons (Fsp3) is 0.409. The maximum absolute atomic E-state index is 11.7. The lowest BCUT2D eigenvalue weighted by molar-refractivity contribution is -0.145. The normalized spacial score (nSPS) is 17.4. The van der Waals surface area contributed by atoms with E-state index in [2.05, 4.69) is 54.5 Å². The molecule has 0 fully saturated rings. The number of carbonyl (C=O) groups excluding carboxylic acids is 1. The molecule has 0 saturated heterocycles. The molecule has 1 heterocycles. The second-order valence-electron chi connectivity index (χ2n) is 7.07.